The van der Waals surface area contributed by atoms with Crippen molar-refractivity contribution >= 4 is 24.0 Å². The van der Waals surface area contributed by atoms with E-state index >= 15 is 0 Å². The molecule has 0 aliphatic heterocycles. The van der Waals surface area contributed by atoms with Gasteiger partial charge in [0.1, 0.15) is 0 Å². The minimum Gasteiger partial charge on any atom is -0.334 e. The second-order valence-electron chi connectivity index (χ2n) is 5.46. The number of aromatic nitrogens is 2. The quantitative estimate of drug-likeness (QED) is 0.844. The maximum Gasteiger partial charge on any atom is 0.257 e. The van der Waals surface area contributed by atoms with Gasteiger partial charge < -0.3 is 15.6 Å². The van der Waals surface area contributed by atoms with Gasteiger partial charge in [0, 0.05) is 30.1 Å². The van der Waals surface area contributed by atoms with Crippen molar-refractivity contribution in [2.24, 2.45) is 5.73 Å². The van der Waals surface area contributed by atoms with E-state index in [1.165, 1.54) is 0 Å². The second kappa shape index (κ2) is 8.64. The molecule has 1 heterocycles. The Bertz CT molecular complexity index is 655. The largest absolute Gasteiger partial charge is 0.334 e. The molecular formula is C16H23ClN4O2. The third-order valence-electron chi connectivity index (χ3n) is 3.37. The summed E-state index contributed by atoms with van der Waals surface area (Å²) >= 11 is 0. The van der Waals surface area contributed by atoms with E-state index in [9.17, 15) is 4.79 Å². The summed E-state index contributed by atoms with van der Waals surface area (Å²) in [7, 11) is 0. The Kier molecular flexibility index (Phi) is 7.19. The van der Waals surface area contributed by atoms with Gasteiger partial charge in [-0.1, -0.05) is 18.1 Å². The number of halogens is 1. The van der Waals surface area contributed by atoms with Gasteiger partial charge in [-0.05, 0) is 38.0 Å². The first-order chi connectivity index (χ1) is 10.5. The summed E-state index contributed by atoms with van der Waals surface area (Å²) in [4.78, 5) is 16.3. The number of rotatable bonds is 6. The number of hydrogen-bond donors (Lipinski definition) is 2. The fraction of sp³-hybridized carbons (Fsp3) is 0.438. The number of benzene rings is 1. The monoisotopic (exact) mass is 338 g/mol. The number of nitrogens with two attached hydrogens (primary N) is 1. The van der Waals surface area contributed by atoms with Crippen molar-refractivity contribution in [3.8, 4) is 11.5 Å². The van der Waals surface area contributed by atoms with E-state index in [4.69, 9.17) is 10.3 Å². The Morgan fingerprint density at radius 3 is 2.78 bits per heavy atom. The molecule has 0 aliphatic carbocycles. The average molecular weight is 339 g/mol. The predicted molar refractivity (Wildman–Crippen MR) is 92.6 cm³/mol. The number of hydrogen-bond acceptors (Lipinski definition) is 5. The van der Waals surface area contributed by atoms with Crippen molar-refractivity contribution in [1.29, 1.82) is 0 Å². The predicted octanol–water partition coefficient (Wildman–Crippen LogP) is 3.10. The van der Waals surface area contributed by atoms with Crippen LogP contribution in [-0.2, 0) is 11.2 Å². The molecule has 7 heteroatoms. The SMILES string of the molecule is CCc1noc(-c2ccc(C)c(NC(=O)CCC(C)N)c2)n1.Cl. The Hall–Kier alpha value is -1.92. The molecule has 0 fully saturated rings. The fourth-order valence-electron chi connectivity index (χ4n) is 1.98. The Morgan fingerprint density at radius 1 is 1.43 bits per heavy atom. The lowest BCUT2D eigenvalue weighted by Gasteiger charge is -2.10. The lowest BCUT2D eigenvalue weighted by Crippen LogP contribution is -2.19. The van der Waals surface area contributed by atoms with Crippen molar-refractivity contribution < 1.29 is 9.32 Å². The molecule has 0 radical (unpaired) electrons. The molecular weight excluding hydrogens is 316 g/mol. The summed E-state index contributed by atoms with van der Waals surface area (Å²) in [6, 6.07) is 5.70. The summed E-state index contributed by atoms with van der Waals surface area (Å²) in [5.41, 5.74) is 8.20. The van der Waals surface area contributed by atoms with Gasteiger partial charge in [-0.2, -0.15) is 4.98 Å². The van der Waals surface area contributed by atoms with Crippen molar-refractivity contribution in [1.82, 2.24) is 10.1 Å². The van der Waals surface area contributed by atoms with Crippen LogP contribution in [-0.4, -0.2) is 22.1 Å². The molecule has 0 spiro atoms. The number of anilines is 1. The van der Waals surface area contributed by atoms with Crippen LogP contribution in [0.1, 0.15) is 38.1 Å². The second-order valence-corrected chi connectivity index (χ2v) is 5.46. The molecule has 1 unspecified atom stereocenters. The number of nitrogens with one attached hydrogen (secondary N) is 1. The smallest absolute Gasteiger partial charge is 0.257 e. The topological polar surface area (TPSA) is 94.0 Å². The summed E-state index contributed by atoms with van der Waals surface area (Å²) in [6.45, 7) is 5.80. The summed E-state index contributed by atoms with van der Waals surface area (Å²) in [5, 5.41) is 6.80. The highest BCUT2D eigenvalue weighted by molar-refractivity contribution is 5.92. The van der Waals surface area contributed by atoms with E-state index in [0.717, 1.165) is 23.2 Å². The van der Waals surface area contributed by atoms with Gasteiger partial charge in [-0.3, -0.25) is 4.79 Å². The average Bonchev–Trinajstić information content (AvgIpc) is 2.96. The Balaban J connectivity index is 0.00000264. The van der Waals surface area contributed by atoms with Crippen LogP contribution in [0.15, 0.2) is 22.7 Å². The van der Waals surface area contributed by atoms with Crippen LogP contribution < -0.4 is 11.1 Å². The zero-order valence-electron chi connectivity index (χ0n) is 13.6. The molecule has 3 N–H and O–H groups in total. The van der Waals surface area contributed by atoms with E-state index in [2.05, 4.69) is 15.5 Å². The van der Waals surface area contributed by atoms with Crippen LogP contribution in [0.4, 0.5) is 5.69 Å². The lowest BCUT2D eigenvalue weighted by molar-refractivity contribution is -0.116. The molecule has 1 atom stereocenters. The van der Waals surface area contributed by atoms with Crippen LogP contribution in [0.3, 0.4) is 0 Å². The molecule has 2 aromatic rings. The molecule has 0 saturated carbocycles. The molecule has 1 amide bonds. The minimum atomic E-state index is -0.0441. The Labute approximate surface area is 142 Å². The van der Waals surface area contributed by atoms with Crippen LogP contribution in [0, 0.1) is 6.92 Å². The van der Waals surface area contributed by atoms with Crippen LogP contribution in [0.5, 0.6) is 0 Å². The van der Waals surface area contributed by atoms with E-state index < -0.39 is 0 Å². The number of carbonyl (C=O) groups is 1. The van der Waals surface area contributed by atoms with Gasteiger partial charge in [0.15, 0.2) is 5.82 Å². The van der Waals surface area contributed by atoms with E-state index in [1.807, 2.05) is 39.0 Å². The standard InChI is InChI=1S/C16H22N4O2.ClH/c1-4-14-19-16(22-20-14)12-7-5-10(2)13(9-12)18-15(21)8-6-11(3)17;/h5,7,9,11H,4,6,8,17H2,1-3H3,(H,18,21);1H. The number of nitrogens with zero attached hydrogens (tertiary/aromatic N) is 2. The van der Waals surface area contributed by atoms with E-state index in [0.29, 0.717) is 24.6 Å². The van der Waals surface area contributed by atoms with Gasteiger partial charge >= 0.3 is 0 Å². The van der Waals surface area contributed by atoms with Gasteiger partial charge in [-0.25, -0.2) is 0 Å². The van der Waals surface area contributed by atoms with Crippen LogP contribution in [0.25, 0.3) is 11.5 Å². The van der Waals surface area contributed by atoms with E-state index in [-0.39, 0.29) is 24.4 Å². The molecule has 1 aromatic carbocycles. The number of carbonyl (C=O) groups excluding carboxylic acids is 1. The zero-order chi connectivity index (χ0) is 16.1. The van der Waals surface area contributed by atoms with E-state index in [1.54, 1.807) is 0 Å². The number of aryl methyl sites for hydroxylation is 2. The highest BCUT2D eigenvalue weighted by atomic mass is 35.5. The normalized spacial score (nSPS) is 11.7. The third-order valence-corrected chi connectivity index (χ3v) is 3.37. The molecule has 0 aliphatic rings. The summed E-state index contributed by atoms with van der Waals surface area (Å²) in [5.74, 6) is 1.08. The van der Waals surface area contributed by atoms with Crippen molar-refractivity contribution in [3.05, 3.63) is 29.6 Å². The zero-order valence-corrected chi connectivity index (χ0v) is 14.4. The molecule has 126 valence electrons. The first-order valence-electron chi connectivity index (χ1n) is 7.48. The molecule has 1 aromatic heterocycles. The lowest BCUT2D eigenvalue weighted by atomic mass is 10.1. The first kappa shape index (κ1) is 19.1. The van der Waals surface area contributed by atoms with Crippen molar-refractivity contribution in [2.75, 3.05) is 5.32 Å². The molecule has 0 saturated heterocycles. The molecule has 23 heavy (non-hydrogen) atoms. The first-order valence-corrected chi connectivity index (χ1v) is 7.48. The minimum absolute atomic E-state index is 0. The maximum absolute atomic E-state index is 11.9. The number of amides is 1. The highest BCUT2D eigenvalue weighted by Crippen LogP contribution is 2.24. The highest BCUT2D eigenvalue weighted by Gasteiger charge is 2.11. The molecule has 2 rings (SSSR count). The van der Waals surface area contributed by atoms with Crippen LogP contribution in [0.2, 0.25) is 0 Å². The molecule has 0 bridgehead atoms. The fourth-order valence-corrected chi connectivity index (χ4v) is 1.98. The van der Waals surface area contributed by atoms with Gasteiger partial charge in [0.05, 0.1) is 0 Å². The third kappa shape index (κ3) is 5.33. The summed E-state index contributed by atoms with van der Waals surface area (Å²) < 4.78 is 5.23. The van der Waals surface area contributed by atoms with Gasteiger partial charge in [0.25, 0.3) is 5.89 Å². The van der Waals surface area contributed by atoms with Crippen molar-refractivity contribution in [3.63, 3.8) is 0 Å². The van der Waals surface area contributed by atoms with Gasteiger partial charge in [-0.15, -0.1) is 12.4 Å². The van der Waals surface area contributed by atoms with Crippen molar-refractivity contribution in [2.45, 2.75) is 46.1 Å². The summed E-state index contributed by atoms with van der Waals surface area (Å²) in [6.07, 6.45) is 1.78. The maximum atomic E-state index is 11.9. The Morgan fingerprint density at radius 2 is 2.17 bits per heavy atom. The van der Waals surface area contributed by atoms with Gasteiger partial charge in [0.2, 0.25) is 5.91 Å². The molecule has 6 nitrogen and oxygen atoms in total. The van der Waals surface area contributed by atoms with Crippen LogP contribution >= 0.6 is 12.4 Å².